The summed E-state index contributed by atoms with van der Waals surface area (Å²) in [6.45, 7) is 5.52. The molecule has 0 atom stereocenters. The minimum Gasteiger partial charge on any atom is -0.494 e. The summed E-state index contributed by atoms with van der Waals surface area (Å²) in [5.74, 6) is 2.76. The molecule has 0 saturated heterocycles. The van der Waals surface area contributed by atoms with Crippen LogP contribution in [0.4, 0.5) is 11.4 Å². The number of benzene rings is 6. The number of carbonyl (C=O) groups is 2. The maximum atomic E-state index is 12.6. The maximum Gasteiger partial charge on any atom is 0.343 e. The van der Waals surface area contributed by atoms with Crippen molar-refractivity contribution < 1.29 is 33.3 Å². The first-order valence-corrected chi connectivity index (χ1v) is 19.0. The Kier molecular flexibility index (Phi) is 14.4. The second kappa shape index (κ2) is 20.6. The first-order chi connectivity index (χ1) is 27.9. The van der Waals surface area contributed by atoms with Gasteiger partial charge < -0.3 is 23.7 Å². The highest BCUT2D eigenvalue weighted by atomic mass is 16.5. The third kappa shape index (κ3) is 12.5. The summed E-state index contributed by atoms with van der Waals surface area (Å²) >= 11 is 0. The molecule has 0 amide bonds. The van der Waals surface area contributed by atoms with E-state index in [1.165, 1.54) is 0 Å². The molecule has 0 bridgehead atoms. The topological polar surface area (TPSA) is 105 Å². The Hall–Kier alpha value is -7.00. The van der Waals surface area contributed by atoms with Crippen LogP contribution in [-0.4, -0.2) is 37.6 Å². The summed E-state index contributed by atoms with van der Waals surface area (Å²) in [5, 5.41) is 0. The molecule has 0 radical (unpaired) electrons. The summed E-state index contributed by atoms with van der Waals surface area (Å²) in [4.78, 5) is 34.4. The Morgan fingerprint density at radius 2 is 0.912 bits per heavy atom. The molecule has 9 heteroatoms. The largest absolute Gasteiger partial charge is 0.494 e. The molecule has 0 fully saturated rings. The molecule has 6 aromatic carbocycles. The van der Waals surface area contributed by atoms with Gasteiger partial charge in [-0.3, -0.25) is 9.98 Å². The van der Waals surface area contributed by atoms with E-state index >= 15 is 0 Å². The van der Waals surface area contributed by atoms with Crippen LogP contribution in [0.1, 0.15) is 71.4 Å². The van der Waals surface area contributed by atoms with Crippen molar-refractivity contribution in [2.45, 2.75) is 39.5 Å². The summed E-state index contributed by atoms with van der Waals surface area (Å²) in [5.41, 5.74) is 4.06. The van der Waals surface area contributed by atoms with Crippen molar-refractivity contribution in [3.8, 4) is 34.5 Å². The summed E-state index contributed by atoms with van der Waals surface area (Å²) < 4.78 is 28.5. The van der Waals surface area contributed by atoms with Crippen LogP contribution in [0, 0.1) is 0 Å². The predicted molar refractivity (Wildman–Crippen MR) is 224 cm³/mol. The van der Waals surface area contributed by atoms with Crippen LogP contribution in [0.2, 0.25) is 0 Å². The molecule has 0 N–H and O–H groups in total. The highest BCUT2D eigenvalue weighted by Gasteiger charge is 2.10. The van der Waals surface area contributed by atoms with Gasteiger partial charge in [-0.2, -0.15) is 0 Å². The fourth-order valence-electron chi connectivity index (χ4n) is 5.28. The second-order valence-electron chi connectivity index (χ2n) is 13.0. The maximum absolute atomic E-state index is 12.6. The zero-order chi connectivity index (χ0) is 39.7. The Balaban J connectivity index is 0.956. The van der Waals surface area contributed by atoms with Crippen molar-refractivity contribution >= 4 is 35.7 Å². The van der Waals surface area contributed by atoms with Gasteiger partial charge in [-0.15, -0.1) is 0 Å². The summed E-state index contributed by atoms with van der Waals surface area (Å²) in [6.07, 6.45) is 7.56. The van der Waals surface area contributed by atoms with E-state index in [4.69, 9.17) is 23.7 Å². The minimum absolute atomic E-state index is 0.436. The summed E-state index contributed by atoms with van der Waals surface area (Å²) in [7, 11) is 0. The Morgan fingerprint density at radius 1 is 0.474 bits per heavy atom. The van der Waals surface area contributed by atoms with Crippen LogP contribution < -0.4 is 23.7 Å². The van der Waals surface area contributed by atoms with Crippen LogP contribution in [0.15, 0.2) is 156 Å². The molecule has 57 heavy (non-hydrogen) atoms. The number of unbranched alkanes of at least 4 members (excludes halogenated alkanes) is 2. The highest BCUT2D eigenvalue weighted by Crippen LogP contribution is 2.28. The van der Waals surface area contributed by atoms with Gasteiger partial charge in [0.2, 0.25) is 0 Å². The molecule has 9 nitrogen and oxygen atoms in total. The fraction of sp³-hybridized carbons (Fsp3) is 0.167. The lowest BCUT2D eigenvalue weighted by molar-refractivity contribution is 0.0725. The monoisotopic (exact) mass is 760 g/mol. The number of nitrogens with zero attached hydrogens (tertiary/aromatic N) is 2. The zero-order valence-electron chi connectivity index (χ0n) is 32.0. The molecule has 0 aliphatic rings. The Morgan fingerprint density at radius 3 is 1.39 bits per heavy atom. The van der Waals surface area contributed by atoms with Crippen molar-refractivity contribution in [3.63, 3.8) is 0 Å². The van der Waals surface area contributed by atoms with Gasteiger partial charge in [-0.05, 0) is 157 Å². The lowest BCUT2D eigenvalue weighted by Crippen LogP contribution is -2.08. The molecule has 0 aromatic heterocycles. The van der Waals surface area contributed by atoms with Crippen molar-refractivity contribution in [2.24, 2.45) is 9.98 Å². The molecular formula is C48H44N2O7. The van der Waals surface area contributed by atoms with Gasteiger partial charge >= 0.3 is 11.9 Å². The van der Waals surface area contributed by atoms with Crippen molar-refractivity contribution in [2.75, 3.05) is 13.2 Å². The average Bonchev–Trinajstić information content (AvgIpc) is 3.24. The zero-order valence-corrected chi connectivity index (χ0v) is 32.0. The number of hydrogen-bond acceptors (Lipinski definition) is 9. The second-order valence-corrected chi connectivity index (χ2v) is 13.0. The molecule has 0 unspecified atom stereocenters. The van der Waals surface area contributed by atoms with Gasteiger partial charge in [-0.1, -0.05) is 32.8 Å². The standard InChI is InChI=1S/C48H44N2O7/c1-3-5-30-53-41-24-14-37(15-25-41)47(51)56-44-20-10-35(11-21-44)33-49-39-18-28-43(29-19-39)55-46-9-7-8-40(32-46)50-34-36-12-22-45(23-13-36)57-48(52)38-16-26-42(27-17-38)54-31-6-4-2/h7-29,32-34H,3-6,30-31H2,1-2H3. The van der Waals surface area contributed by atoms with Crippen molar-refractivity contribution in [3.05, 3.63) is 168 Å². The first-order valence-electron chi connectivity index (χ1n) is 19.0. The van der Waals surface area contributed by atoms with E-state index in [2.05, 4.69) is 23.8 Å². The average molecular weight is 761 g/mol. The van der Waals surface area contributed by atoms with Crippen molar-refractivity contribution in [1.82, 2.24) is 0 Å². The lowest BCUT2D eigenvalue weighted by Gasteiger charge is -2.07. The van der Waals surface area contributed by atoms with E-state index in [-0.39, 0.29) is 0 Å². The minimum atomic E-state index is -0.438. The normalized spacial score (nSPS) is 11.1. The Labute approximate surface area is 333 Å². The van der Waals surface area contributed by atoms with Crippen LogP contribution in [0.3, 0.4) is 0 Å². The lowest BCUT2D eigenvalue weighted by atomic mass is 10.2. The molecule has 0 aliphatic heterocycles. The van der Waals surface area contributed by atoms with Gasteiger partial charge in [0.25, 0.3) is 0 Å². The summed E-state index contributed by atoms with van der Waals surface area (Å²) in [6, 6.07) is 43.1. The predicted octanol–water partition coefficient (Wildman–Crippen LogP) is 11.8. The molecule has 0 spiro atoms. The molecule has 288 valence electrons. The molecular weight excluding hydrogens is 717 g/mol. The number of esters is 2. The van der Waals surface area contributed by atoms with Crippen LogP contribution >= 0.6 is 0 Å². The third-order valence-corrected chi connectivity index (χ3v) is 8.51. The number of aliphatic imine (C=N–C) groups is 2. The van der Waals surface area contributed by atoms with E-state index in [1.54, 1.807) is 85.2 Å². The van der Waals surface area contributed by atoms with E-state index in [0.29, 0.717) is 53.0 Å². The van der Waals surface area contributed by atoms with Gasteiger partial charge in [0, 0.05) is 18.5 Å². The van der Waals surface area contributed by atoms with Crippen LogP contribution in [0.5, 0.6) is 34.5 Å². The van der Waals surface area contributed by atoms with Crippen LogP contribution in [0.25, 0.3) is 0 Å². The number of rotatable bonds is 18. The highest BCUT2D eigenvalue weighted by molar-refractivity contribution is 5.92. The van der Waals surface area contributed by atoms with Crippen LogP contribution in [-0.2, 0) is 0 Å². The number of carbonyl (C=O) groups excluding carboxylic acids is 2. The van der Waals surface area contributed by atoms with E-state index in [9.17, 15) is 9.59 Å². The van der Waals surface area contributed by atoms with Gasteiger partial charge in [0.05, 0.1) is 35.7 Å². The van der Waals surface area contributed by atoms with E-state index < -0.39 is 11.9 Å². The van der Waals surface area contributed by atoms with Gasteiger partial charge in [-0.25, -0.2) is 9.59 Å². The van der Waals surface area contributed by atoms with Gasteiger partial charge in [0.15, 0.2) is 0 Å². The fourth-order valence-corrected chi connectivity index (χ4v) is 5.28. The van der Waals surface area contributed by atoms with E-state index in [1.807, 2.05) is 72.8 Å². The smallest absolute Gasteiger partial charge is 0.343 e. The molecule has 0 aliphatic carbocycles. The number of ether oxygens (including phenoxy) is 5. The van der Waals surface area contributed by atoms with Crippen molar-refractivity contribution in [1.29, 1.82) is 0 Å². The quantitative estimate of drug-likeness (QED) is 0.0372. The molecule has 6 aromatic rings. The SMILES string of the molecule is CCCCOc1ccc(C(=O)Oc2ccc(C=Nc3ccc(Oc4cccc(N=Cc5ccc(OC(=O)c6ccc(OCCCC)cc6)cc5)c4)cc3)cc2)cc1. The third-order valence-electron chi connectivity index (χ3n) is 8.51. The molecule has 0 saturated carbocycles. The molecule has 0 heterocycles. The van der Waals surface area contributed by atoms with Gasteiger partial charge in [0.1, 0.15) is 34.5 Å². The molecule has 6 rings (SSSR count). The van der Waals surface area contributed by atoms with E-state index in [0.717, 1.165) is 54.0 Å². The Bertz CT molecular complexity index is 2250. The number of hydrogen-bond donors (Lipinski definition) is 0. The first kappa shape index (κ1) is 39.7.